The number of hydrogen-bond donors (Lipinski definition) is 0. The molecule has 2 heterocycles. The van der Waals surface area contributed by atoms with Crippen LogP contribution in [0.1, 0.15) is 13.1 Å². The number of para-hydroxylation sites is 2. The minimum Gasteiger partial charge on any atom is -0.306 e. The van der Waals surface area contributed by atoms with E-state index in [1.165, 1.54) is 0 Å². The van der Waals surface area contributed by atoms with Crippen LogP contribution in [-0.4, -0.2) is 33.5 Å². The third-order valence-electron chi connectivity index (χ3n) is 4.43. The molecule has 0 aliphatic heterocycles. The first kappa shape index (κ1) is 15.6. The molecule has 1 unspecified atom stereocenters. The van der Waals surface area contributed by atoms with E-state index in [1.807, 2.05) is 44.4 Å². The Balaban J connectivity index is 2.25. The van der Waals surface area contributed by atoms with Gasteiger partial charge < -0.3 is 4.57 Å². The molecule has 0 bridgehead atoms. The van der Waals surface area contributed by atoms with E-state index in [0.29, 0.717) is 10.0 Å². The molecule has 4 aromatic rings. The largest absolute Gasteiger partial charge is 0.306 e. The Bertz CT molecular complexity index is 1080. The van der Waals surface area contributed by atoms with Gasteiger partial charge in [0.1, 0.15) is 5.52 Å². The van der Waals surface area contributed by atoms with E-state index in [1.54, 1.807) is 6.07 Å². The van der Waals surface area contributed by atoms with Crippen molar-refractivity contribution in [3.63, 3.8) is 0 Å². The smallest absolute Gasteiger partial charge is 0.161 e. The summed E-state index contributed by atoms with van der Waals surface area (Å²) >= 11 is 12.8. The number of hydrogen-bond acceptors (Lipinski definition) is 3. The maximum Gasteiger partial charge on any atom is 0.161 e. The van der Waals surface area contributed by atoms with Crippen molar-refractivity contribution in [2.24, 2.45) is 0 Å². The van der Waals surface area contributed by atoms with Gasteiger partial charge in [-0.3, -0.25) is 4.90 Å². The Morgan fingerprint density at radius 1 is 1.04 bits per heavy atom. The second-order valence-electron chi connectivity index (χ2n) is 6.13. The summed E-state index contributed by atoms with van der Waals surface area (Å²) in [4.78, 5) is 11.8. The molecule has 1 atom stereocenters. The molecular weight excluding hydrogens is 343 g/mol. The second kappa shape index (κ2) is 5.59. The van der Waals surface area contributed by atoms with Gasteiger partial charge in [0.2, 0.25) is 0 Å². The number of nitrogens with zero attached hydrogens (tertiary/aromatic N) is 4. The maximum atomic E-state index is 6.54. The third kappa shape index (κ3) is 2.25. The molecule has 122 valence electrons. The van der Waals surface area contributed by atoms with Crippen LogP contribution in [0.3, 0.4) is 0 Å². The molecule has 0 N–H and O–H groups in total. The van der Waals surface area contributed by atoms with Gasteiger partial charge in [-0.15, -0.1) is 0 Å². The fourth-order valence-electron chi connectivity index (χ4n) is 3.03. The van der Waals surface area contributed by atoms with Gasteiger partial charge in [0.05, 0.1) is 27.7 Å². The lowest BCUT2D eigenvalue weighted by Gasteiger charge is -2.23. The van der Waals surface area contributed by atoms with Gasteiger partial charge in [0.15, 0.2) is 5.65 Å². The summed E-state index contributed by atoms with van der Waals surface area (Å²) in [6, 6.07) is 11.5. The van der Waals surface area contributed by atoms with E-state index >= 15 is 0 Å². The number of halogens is 2. The molecule has 0 amide bonds. The first-order valence-corrected chi connectivity index (χ1v) is 8.45. The minimum atomic E-state index is 0.0686. The second-order valence-corrected chi connectivity index (χ2v) is 6.98. The van der Waals surface area contributed by atoms with Gasteiger partial charge in [0, 0.05) is 10.4 Å². The lowest BCUT2D eigenvalue weighted by molar-refractivity contribution is 0.249. The highest BCUT2D eigenvalue weighted by Gasteiger charge is 2.21. The average molecular weight is 359 g/mol. The highest BCUT2D eigenvalue weighted by Crippen LogP contribution is 2.37. The highest BCUT2D eigenvalue weighted by molar-refractivity contribution is 6.39. The van der Waals surface area contributed by atoms with E-state index in [0.717, 1.165) is 33.1 Å². The zero-order valence-corrected chi connectivity index (χ0v) is 15.1. The van der Waals surface area contributed by atoms with Crippen LogP contribution >= 0.6 is 23.2 Å². The predicted molar refractivity (Wildman–Crippen MR) is 101 cm³/mol. The van der Waals surface area contributed by atoms with Gasteiger partial charge in [-0.05, 0) is 45.3 Å². The summed E-state index contributed by atoms with van der Waals surface area (Å²) < 4.78 is 2.13. The Labute approximate surface area is 149 Å². The van der Waals surface area contributed by atoms with Gasteiger partial charge in [-0.1, -0.05) is 35.3 Å². The highest BCUT2D eigenvalue weighted by atomic mass is 35.5. The summed E-state index contributed by atoms with van der Waals surface area (Å²) in [6.07, 6.45) is 0.0686. The van der Waals surface area contributed by atoms with Crippen LogP contribution in [0.25, 0.3) is 33.1 Å². The van der Waals surface area contributed by atoms with E-state index in [4.69, 9.17) is 33.2 Å². The normalized spacial score (nSPS) is 13.4. The summed E-state index contributed by atoms with van der Waals surface area (Å²) in [5.74, 6) is 0. The number of benzene rings is 2. The molecular formula is C18H16Cl2N4. The molecule has 0 aliphatic carbocycles. The van der Waals surface area contributed by atoms with E-state index in [9.17, 15) is 0 Å². The molecule has 4 nitrogen and oxygen atoms in total. The van der Waals surface area contributed by atoms with E-state index in [-0.39, 0.29) is 6.17 Å². The van der Waals surface area contributed by atoms with Crippen molar-refractivity contribution in [3.8, 4) is 0 Å². The number of fused-ring (bicyclic) bond motifs is 4. The molecule has 0 fully saturated rings. The SMILES string of the molecule is CC(N(C)C)n1c2nc3ccccc3nc2c2cc(Cl)cc(Cl)c21. The van der Waals surface area contributed by atoms with Crippen molar-refractivity contribution in [2.45, 2.75) is 13.1 Å². The predicted octanol–water partition coefficient (Wildman–Crippen LogP) is 5.12. The monoisotopic (exact) mass is 358 g/mol. The lowest BCUT2D eigenvalue weighted by atomic mass is 10.2. The molecule has 24 heavy (non-hydrogen) atoms. The molecule has 2 aromatic heterocycles. The van der Waals surface area contributed by atoms with Gasteiger partial charge in [0.25, 0.3) is 0 Å². The average Bonchev–Trinajstić information content (AvgIpc) is 2.85. The summed E-state index contributed by atoms with van der Waals surface area (Å²) in [7, 11) is 4.06. The minimum absolute atomic E-state index is 0.0686. The Kier molecular flexibility index (Phi) is 3.64. The third-order valence-corrected chi connectivity index (χ3v) is 4.93. The molecule has 2 aromatic carbocycles. The summed E-state index contributed by atoms with van der Waals surface area (Å²) in [5, 5.41) is 2.13. The van der Waals surface area contributed by atoms with Crippen LogP contribution in [-0.2, 0) is 0 Å². The van der Waals surface area contributed by atoms with Crippen molar-refractivity contribution in [3.05, 3.63) is 46.4 Å². The lowest BCUT2D eigenvalue weighted by Crippen LogP contribution is -2.23. The van der Waals surface area contributed by atoms with Crippen LogP contribution < -0.4 is 0 Å². The maximum absolute atomic E-state index is 6.54. The molecule has 6 heteroatoms. The van der Waals surface area contributed by atoms with Crippen LogP contribution in [0.2, 0.25) is 10.0 Å². The summed E-state index contributed by atoms with van der Waals surface area (Å²) in [6.45, 7) is 2.11. The van der Waals surface area contributed by atoms with Gasteiger partial charge in [-0.25, -0.2) is 9.97 Å². The van der Waals surface area contributed by atoms with Crippen molar-refractivity contribution < 1.29 is 0 Å². The summed E-state index contributed by atoms with van der Waals surface area (Å²) in [5.41, 5.74) is 4.27. The fraction of sp³-hybridized carbons (Fsp3) is 0.222. The topological polar surface area (TPSA) is 34.0 Å². The Hall–Kier alpha value is -1.88. The molecule has 0 saturated heterocycles. The molecule has 4 rings (SSSR count). The van der Waals surface area contributed by atoms with Crippen molar-refractivity contribution in [2.75, 3.05) is 14.1 Å². The first-order chi connectivity index (χ1) is 11.5. The quantitative estimate of drug-likeness (QED) is 0.498. The number of aromatic nitrogens is 3. The van der Waals surface area contributed by atoms with Crippen LogP contribution in [0, 0.1) is 0 Å². The molecule has 0 spiro atoms. The zero-order chi connectivity index (χ0) is 17.0. The van der Waals surface area contributed by atoms with Gasteiger partial charge in [-0.2, -0.15) is 0 Å². The van der Waals surface area contributed by atoms with Crippen LogP contribution in [0.5, 0.6) is 0 Å². The van der Waals surface area contributed by atoms with Crippen LogP contribution in [0.4, 0.5) is 0 Å². The Morgan fingerprint density at radius 3 is 2.38 bits per heavy atom. The number of rotatable bonds is 2. The molecule has 0 radical (unpaired) electrons. The van der Waals surface area contributed by atoms with E-state index in [2.05, 4.69) is 16.4 Å². The van der Waals surface area contributed by atoms with Crippen LogP contribution in [0.15, 0.2) is 36.4 Å². The van der Waals surface area contributed by atoms with Crippen molar-refractivity contribution in [1.29, 1.82) is 0 Å². The fourth-order valence-corrected chi connectivity index (χ4v) is 3.62. The van der Waals surface area contributed by atoms with E-state index < -0.39 is 0 Å². The van der Waals surface area contributed by atoms with Crippen molar-refractivity contribution >= 4 is 56.3 Å². The molecule has 0 saturated carbocycles. The Morgan fingerprint density at radius 2 is 1.71 bits per heavy atom. The molecule has 0 aliphatic rings. The van der Waals surface area contributed by atoms with Gasteiger partial charge >= 0.3 is 0 Å². The standard InChI is InChI=1S/C18H16Cl2N4/c1-10(23(2)3)24-17-12(8-11(19)9-13(17)20)16-18(24)22-15-7-5-4-6-14(15)21-16/h4-10H,1-3H3. The van der Waals surface area contributed by atoms with Crippen molar-refractivity contribution in [1.82, 2.24) is 19.4 Å². The zero-order valence-electron chi connectivity index (χ0n) is 13.6. The first-order valence-electron chi connectivity index (χ1n) is 7.69.